The maximum absolute atomic E-state index is 11.9. The Morgan fingerprint density at radius 2 is 2.09 bits per heavy atom. The third-order valence-electron chi connectivity index (χ3n) is 2.81. The summed E-state index contributed by atoms with van der Waals surface area (Å²) in [6, 6.07) is 8.39. The topological polar surface area (TPSA) is 80.3 Å². The first-order valence-electron chi connectivity index (χ1n) is 6.77. The predicted molar refractivity (Wildman–Crippen MR) is 83.5 cm³/mol. The number of aromatic nitrogens is 1. The van der Waals surface area contributed by atoms with Gasteiger partial charge in [0.15, 0.2) is 6.61 Å². The van der Waals surface area contributed by atoms with Gasteiger partial charge in [0.2, 0.25) is 5.91 Å². The zero-order valence-electron chi connectivity index (χ0n) is 12.1. The highest BCUT2D eigenvalue weighted by Gasteiger charge is 2.15. The number of hydrogen-bond donors (Lipinski definition) is 2. The molecule has 0 fully saturated rings. The number of hydrogen-bond acceptors (Lipinski definition) is 5. The van der Waals surface area contributed by atoms with Crippen molar-refractivity contribution in [3.8, 4) is 5.75 Å². The maximum atomic E-state index is 11.9. The molecule has 0 bridgehead atoms. The van der Waals surface area contributed by atoms with Gasteiger partial charge in [0.25, 0.3) is 5.91 Å². The van der Waals surface area contributed by atoms with Gasteiger partial charge in [-0.2, -0.15) is 0 Å². The first-order chi connectivity index (χ1) is 10.6. The molecule has 1 aromatic heterocycles. The van der Waals surface area contributed by atoms with E-state index >= 15 is 0 Å². The molecule has 1 heterocycles. The van der Waals surface area contributed by atoms with E-state index in [0.717, 1.165) is 5.69 Å². The Morgan fingerprint density at radius 3 is 2.77 bits per heavy atom. The monoisotopic (exact) mass is 319 g/mol. The van der Waals surface area contributed by atoms with Crippen molar-refractivity contribution < 1.29 is 14.3 Å². The van der Waals surface area contributed by atoms with E-state index in [1.165, 1.54) is 11.3 Å². The zero-order valence-corrected chi connectivity index (χ0v) is 12.9. The van der Waals surface area contributed by atoms with E-state index in [4.69, 9.17) is 4.74 Å². The summed E-state index contributed by atoms with van der Waals surface area (Å²) in [4.78, 5) is 27.7. The van der Waals surface area contributed by atoms with Gasteiger partial charge in [-0.25, -0.2) is 4.98 Å². The fourth-order valence-corrected chi connectivity index (χ4v) is 2.23. The number of thiazole rings is 1. The molecule has 0 saturated heterocycles. The van der Waals surface area contributed by atoms with E-state index in [-0.39, 0.29) is 18.4 Å². The second kappa shape index (κ2) is 8.14. The molecule has 0 aliphatic rings. The molecule has 2 amide bonds. The zero-order chi connectivity index (χ0) is 15.8. The van der Waals surface area contributed by atoms with E-state index in [1.54, 1.807) is 24.6 Å². The number of benzene rings is 1. The van der Waals surface area contributed by atoms with Crippen molar-refractivity contribution in [2.75, 3.05) is 6.61 Å². The van der Waals surface area contributed by atoms with Crippen LogP contribution in [0.3, 0.4) is 0 Å². The minimum absolute atomic E-state index is 0.131. The number of carbonyl (C=O) groups excluding carboxylic acids is 2. The van der Waals surface area contributed by atoms with Crippen LogP contribution < -0.4 is 15.4 Å². The second-order valence-electron chi connectivity index (χ2n) is 4.59. The molecule has 116 valence electrons. The largest absolute Gasteiger partial charge is 0.484 e. The predicted octanol–water partition coefficient (Wildman–Crippen LogP) is 1.34. The normalized spacial score (nSPS) is 11.5. The smallest absolute Gasteiger partial charge is 0.258 e. The van der Waals surface area contributed by atoms with Gasteiger partial charge in [-0.05, 0) is 19.1 Å². The van der Waals surface area contributed by atoms with E-state index in [0.29, 0.717) is 12.3 Å². The average Bonchev–Trinajstić information content (AvgIpc) is 3.05. The van der Waals surface area contributed by atoms with Gasteiger partial charge in [-0.3, -0.25) is 9.59 Å². The molecule has 0 unspecified atom stereocenters. The van der Waals surface area contributed by atoms with Crippen LogP contribution in [0.4, 0.5) is 0 Å². The Kier molecular flexibility index (Phi) is 5.91. The molecule has 2 aromatic rings. The Morgan fingerprint density at radius 1 is 1.32 bits per heavy atom. The summed E-state index contributed by atoms with van der Waals surface area (Å²) in [5, 5.41) is 7.16. The second-order valence-corrected chi connectivity index (χ2v) is 5.31. The molecule has 22 heavy (non-hydrogen) atoms. The highest BCUT2D eigenvalue weighted by atomic mass is 32.1. The van der Waals surface area contributed by atoms with E-state index in [2.05, 4.69) is 15.6 Å². The minimum atomic E-state index is -0.634. The first-order valence-corrected chi connectivity index (χ1v) is 7.71. The number of nitrogens with one attached hydrogen (secondary N) is 2. The van der Waals surface area contributed by atoms with Gasteiger partial charge in [0.1, 0.15) is 11.8 Å². The van der Waals surface area contributed by atoms with Crippen molar-refractivity contribution in [3.63, 3.8) is 0 Å². The van der Waals surface area contributed by atoms with Crippen molar-refractivity contribution in [1.82, 2.24) is 15.6 Å². The standard InChI is InChI=1S/C15H17N3O3S/c1-11(15(20)16-7-12-9-22-10-17-12)18-14(19)8-21-13-5-3-2-4-6-13/h2-6,9-11H,7-8H2,1H3,(H,16,20)(H,18,19)/t11-/m1/s1. The Balaban J connectivity index is 1.70. The number of amides is 2. The maximum Gasteiger partial charge on any atom is 0.258 e. The third-order valence-corrected chi connectivity index (χ3v) is 3.45. The van der Waals surface area contributed by atoms with E-state index < -0.39 is 6.04 Å². The summed E-state index contributed by atoms with van der Waals surface area (Å²) < 4.78 is 5.31. The molecule has 0 aliphatic carbocycles. The molecule has 0 radical (unpaired) electrons. The van der Waals surface area contributed by atoms with Crippen LogP contribution >= 0.6 is 11.3 Å². The lowest BCUT2D eigenvalue weighted by Gasteiger charge is -2.14. The molecule has 0 saturated carbocycles. The van der Waals surface area contributed by atoms with Crippen LogP contribution in [0.15, 0.2) is 41.2 Å². The van der Waals surface area contributed by atoms with Crippen LogP contribution in [-0.2, 0) is 16.1 Å². The molecule has 2 N–H and O–H groups in total. The lowest BCUT2D eigenvalue weighted by atomic mass is 10.3. The van der Waals surface area contributed by atoms with E-state index in [9.17, 15) is 9.59 Å². The van der Waals surface area contributed by atoms with Crippen LogP contribution in [0.2, 0.25) is 0 Å². The Hall–Kier alpha value is -2.41. The van der Waals surface area contributed by atoms with Crippen molar-refractivity contribution in [2.45, 2.75) is 19.5 Å². The molecule has 1 atom stereocenters. The molecular formula is C15H17N3O3S. The highest BCUT2D eigenvalue weighted by Crippen LogP contribution is 2.07. The molecule has 0 aliphatic heterocycles. The highest BCUT2D eigenvalue weighted by molar-refractivity contribution is 7.07. The number of carbonyl (C=O) groups is 2. The fraction of sp³-hybridized carbons (Fsp3) is 0.267. The minimum Gasteiger partial charge on any atom is -0.484 e. The van der Waals surface area contributed by atoms with E-state index in [1.807, 2.05) is 23.6 Å². The number of para-hydroxylation sites is 1. The van der Waals surface area contributed by atoms with Crippen LogP contribution in [0.25, 0.3) is 0 Å². The summed E-state index contributed by atoms with van der Waals surface area (Å²) in [7, 11) is 0. The Bertz CT molecular complexity index is 602. The van der Waals surface area contributed by atoms with Gasteiger partial charge in [-0.15, -0.1) is 11.3 Å². The molecule has 7 heteroatoms. The fourth-order valence-electron chi connectivity index (χ4n) is 1.67. The molecule has 2 rings (SSSR count). The van der Waals surface area contributed by atoms with Gasteiger partial charge in [-0.1, -0.05) is 18.2 Å². The lowest BCUT2D eigenvalue weighted by Crippen LogP contribution is -2.46. The van der Waals surface area contributed by atoms with Gasteiger partial charge >= 0.3 is 0 Å². The molecule has 0 spiro atoms. The summed E-state index contributed by atoms with van der Waals surface area (Å²) in [6.45, 7) is 1.84. The van der Waals surface area contributed by atoms with Crippen molar-refractivity contribution in [1.29, 1.82) is 0 Å². The summed E-state index contributed by atoms with van der Waals surface area (Å²) in [5.74, 6) is -0.000454. The van der Waals surface area contributed by atoms with Crippen molar-refractivity contribution >= 4 is 23.2 Å². The lowest BCUT2D eigenvalue weighted by molar-refractivity contribution is -0.129. The van der Waals surface area contributed by atoms with Crippen LogP contribution in [0, 0.1) is 0 Å². The van der Waals surface area contributed by atoms with Crippen molar-refractivity contribution in [2.24, 2.45) is 0 Å². The van der Waals surface area contributed by atoms with Gasteiger partial charge < -0.3 is 15.4 Å². The first kappa shape index (κ1) is 16.0. The quantitative estimate of drug-likeness (QED) is 0.807. The Labute approximate surface area is 132 Å². The summed E-state index contributed by atoms with van der Waals surface area (Å²) in [5.41, 5.74) is 2.50. The van der Waals surface area contributed by atoms with Gasteiger partial charge in [0.05, 0.1) is 17.7 Å². The third kappa shape index (κ3) is 5.17. The van der Waals surface area contributed by atoms with Crippen LogP contribution in [0.1, 0.15) is 12.6 Å². The number of rotatable bonds is 7. The van der Waals surface area contributed by atoms with Gasteiger partial charge in [0, 0.05) is 5.38 Å². The molecule has 6 nitrogen and oxygen atoms in total. The average molecular weight is 319 g/mol. The summed E-state index contributed by atoms with van der Waals surface area (Å²) in [6.07, 6.45) is 0. The SMILES string of the molecule is C[C@@H](NC(=O)COc1ccccc1)C(=O)NCc1cscn1. The molecular weight excluding hydrogens is 302 g/mol. The number of ether oxygens (including phenoxy) is 1. The molecule has 1 aromatic carbocycles. The number of nitrogens with zero attached hydrogens (tertiary/aromatic N) is 1. The van der Waals surface area contributed by atoms with Crippen LogP contribution in [0.5, 0.6) is 5.75 Å². The summed E-state index contributed by atoms with van der Waals surface area (Å²) >= 11 is 1.47. The van der Waals surface area contributed by atoms with Crippen LogP contribution in [-0.4, -0.2) is 29.4 Å². The van der Waals surface area contributed by atoms with Crippen molar-refractivity contribution in [3.05, 3.63) is 46.9 Å².